The van der Waals surface area contributed by atoms with Crippen LogP contribution in [0.4, 0.5) is 0 Å². The van der Waals surface area contributed by atoms with Gasteiger partial charge in [-0.3, -0.25) is 19.4 Å². The van der Waals surface area contributed by atoms with Crippen molar-refractivity contribution in [1.82, 2.24) is 14.5 Å². The van der Waals surface area contributed by atoms with Crippen molar-refractivity contribution in [2.45, 2.75) is 65.0 Å². The summed E-state index contributed by atoms with van der Waals surface area (Å²) >= 11 is 0. The molecule has 1 saturated carbocycles. The molecule has 0 atom stereocenters. The second-order valence-electron chi connectivity index (χ2n) is 8.57. The van der Waals surface area contributed by atoms with E-state index in [4.69, 9.17) is 9.47 Å². The molecule has 0 aliphatic heterocycles. The van der Waals surface area contributed by atoms with E-state index in [1.54, 1.807) is 30.7 Å². The van der Waals surface area contributed by atoms with Gasteiger partial charge in [-0.05, 0) is 44.2 Å². The van der Waals surface area contributed by atoms with Crippen molar-refractivity contribution in [3.8, 4) is 5.88 Å². The summed E-state index contributed by atoms with van der Waals surface area (Å²) in [5, 5.41) is 1.85. The van der Waals surface area contributed by atoms with E-state index in [9.17, 15) is 14.4 Å². The third-order valence-electron chi connectivity index (χ3n) is 6.26. The summed E-state index contributed by atoms with van der Waals surface area (Å²) in [6, 6.07) is 3.42. The highest BCUT2D eigenvalue weighted by molar-refractivity contribution is 6.08. The van der Waals surface area contributed by atoms with E-state index >= 15 is 0 Å². The van der Waals surface area contributed by atoms with Crippen LogP contribution in [0.25, 0.3) is 21.7 Å². The Bertz CT molecular complexity index is 1230. The topological polar surface area (TPSA) is 100 Å². The Morgan fingerprint density at radius 2 is 1.91 bits per heavy atom. The molecule has 8 heteroatoms. The molecule has 0 saturated heterocycles. The quantitative estimate of drug-likeness (QED) is 0.292. The number of rotatable bonds is 8. The molecule has 0 aromatic carbocycles. The average molecular weight is 452 g/mol. The number of ketones is 1. The maximum atomic E-state index is 13.4. The van der Waals surface area contributed by atoms with E-state index in [2.05, 4.69) is 16.9 Å². The first-order chi connectivity index (χ1) is 16.0. The van der Waals surface area contributed by atoms with Gasteiger partial charge in [0.1, 0.15) is 6.10 Å². The summed E-state index contributed by atoms with van der Waals surface area (Å²) in [6.45, 7) is 3.99. The Morgan fingerprint density at radius 3 is 2.64 bits per heavy atom. The van der Waals surface area contributed by atoms with E-state index in [0.717, 1.165) is 12.8 Å². The highest BCUT2D eigenvalue weighted by atomic mass is 16.5. The monoisotopic (exact) mass is 451 g/mol. The minimum Gasteiger partial charge on any atom is -0.477 e. The van der Waals surface area contributed by atoms with Gasteiger partial charge in [0.15, 0.2) is 5.78 Å². The molecular formula is C25H29N3O5. The summed E-state index contributed by atoms with van der Waals surface area (Å²) in [4.78, 5) is 46.4. The van der Waals surface area contributed by atoms with Crippen molar-refractivity contribution in [3.63, 3.8) is 0 Å². The highest BCUT2D eigenvalue weighted by Crippen LogP contribution is 2.31. The predicted octanol–water partition coefficient (Wildman–Crippen LogP) is 3.81. The third kappa shape index (κ3) is 4.89. The maximum absolute atomic E-state index is 13.4. The molecule has 0 amide bonds. The number of unbranched alkanes of at least 4 members (excludes halogenated alkanes) is 1. The summed E-state index contributed by atoms with van der Waals surface area (Å²) in [6.07, 6.45) is 9.20. The first kappa shape index (κ1) is 22.9. The van der Waals surface area contributed by atoms with Gasteiger partial charge in [0.05, 0.1) is 29.4 Å². The van der Waals surface area contributed by atoms with Gasteiger partial charge in [0, 0.05) is 36.8 Å². The fourth-order valence-corrected chi connectivity index (χ4v) is 4.55. The summed E-state index contributed by atoms with van der Waals surface area (Å²) < 4.78 is 12.8. The lowest BCUT2D eigenvalue weighted by Gasteiger charge is -2.27. The van der Waals surface area contributed by atoms with Crippen molar-refractivity contribution < 1.29 is 19.1 Å². The minimum atomic E-state index is -0.293. The van der Waals surface area contributed by atoms with Crippen molar-refractivity contribution in [1.29, 1.82) is 0 Å². The van der Waals surface area contributed by atoms with Gasteiger partial charge in [-0.25, -0.2) is 4.98 Å². The Morgan fingerprint density at radius 1 is 1.12 bits per heavy atom. The van der Waals surface area contributed by atoms with E-state index in [0.29, 0.717) is 59.8 Å². The van der Waals surface area contributed by atoms with Gasteiger partial charge < -0.3 is 14.0 Å². The fourth-order valence-electron chi connectivity index (χ4n) is 4.55. The normalized spacial score (nSPS) is 18.4. The SMILES string of the molecule is CCCCOc1nccc2c1c1cnccc1c(=O)n2CC(=O)[C@H]1CC[C@H](OC(C)=O)CC1. The Balaban J connectivity index is 1.68. The molecule has 0 N–H and O–H groups in total. The highest BCUT2D eigenvalue weighted by Gasteiger charge is 2.28. The number of aromatic nitrogens is 3. The van der Waals surface area contributed by atoms with Crippen LogP contribution in [0.5, 0.6) is 5.88 Å². The number of hydrogen-bond acceptors (Lipinski definition) is 7. The summed E-state index contributed by atoms with van der Waals surface area (Å²) in [5.74, 6) is 0.00779. The zero-order valence-electron chi connectivity index (χ0n) is 19.1. The second kappa shape index (κ2) is 10.1. The number of nitrogens with zero attached hydrogens (tertiary/aromatic N) is 3. The average Bonchev–Trinajstić information content (AvgIpc) is 2.82. The van der Waals surface area contributed by atoms with Crippen LogP contribution < -0.4 is 10.3 Å². The third-order valence-corrected chi connectivity index (χ3v) is 6.26. The number of pyridine rings is 3. The molecular weight excluding hydrogens is 422 g/mol. The van der Waals surface area contributed by atoms with E-state index in [1.807, 2.05) is 0 Å². The van der Waals surface area contributed by atoms with Crippen LogP contribution in [0.1, 0.15) is 52.4 Å². The molecule has 8 nitrogen and oxygen atoms in total. The molecule has 1 fully saturated rings. The number of Topliss-reactive ketones (excluding diaryl/α,β-unsaturated/α-hetero) is 1. The zero-order valence-corrected chi connectivity index (χ0v) is 19.1. The molecule has 1 aliphatic rings. The molecule has 0 bridgehead atoms. The molecule has 0 spiro atoms. The number of hydrogen-bond donors (Lipinski definition) is 0. The van der Waals surface area contributed by atoms with Gasteiger partial charge in [0.2, 0.25) is 5.88 Å². The molecule has 33 heavy (non-hydrogen) atoms. The van der Waals surface area contributed by atoms with Crippen molar-refractivity contribution in [2.24, 2.45) is 5.92 Å². The maximum Gasteiger partial charge on any atom is 0.302 e. The van der Waals surface area contributed by atoms with Gasteiger partial charge in [-0.1, -0.05) is 13.3 Å². The van der Waals surface area contributed by atoms with E-state index in [1.165, 1.54) is 11.5 Å². The van der Waals surface area contributed by atoms with Crippen LogP contribution in [0.3, 0.4) is 0 Å². The largest absolute Gasteiger partial charge is 0.477 e. The van der Waals surface area contributed by atoms with Crippen molar-refractivity contribution in [2.75, 3.05) is 6.61 Å². The lowest BCUT2D eigenvalue weighted by molar-refractivity contribution is -0.148. The summed E-state index contributed by atoms with van der Waals surface area (Å²) in [5.41, 5.74) is 0.386. The molecule has 0 radical (unpaired) electrons. The molecule has 174 valence electrons. The van der Waals surface area contributed by atoms with E-state index in [-0.39, 0.29) is 35.9 Å². The Hall–Kier alpha value is -3.29. The standard InChI is InChI=1S/C25H29N3O5/c1-3-4-13-32-24-23-20-14-26-11-9-19(20)25(31)28(21(23)10-12-27-24)15-22(30)17-5-7-18(8-6-17)33-16(2)29/h9-12,14,17-18H,3-8,13,15H2,1-2H3/t17-,18-. The van der Waals surface area contributed by atoms with Crippen LogP contribution in [0.2, 0.25) is 0 Å². The Kier molecular flexibility index (Phi) is 7.01. The van der Waals surface area contributed by atoms with Crippen LogP contribution in [0, 0.1) is 5.92 Å². The smallest absolute Gasteiger partial charge is 0.302 e. The minimum absolute atomic E-state index is 0.0124. The number of fused-ring (bicyclic) bond motifs is 3. The zero-order chi connectivity index (χ0) is 23.4. The lowest BCUT2D eigenvalue weighted by Crippen LogP contribution is -2.32. The molecule has 4 rings (SSSR count). The number of ether oxygens (including phenoxy) is 2. The molecule has 3 aromatic rings. The first-order valence-electron chi connectivity index (χ1n) is 11.6. The fraction of sp³-hybridized carbons (Fsp3) is 0.480. The molecule has 0 unspecified atom stereocenters. The van der Waals surface area contributed by atoms with Gasteiger partial charge in [0.25, 0.3) is 5.56 Å². The van der Waals surface area contributed by atoms with E-state index < -0.39 is 0 Å². The molecule has 3 aromatic heterocycles. The van der Waals surface area contributed by atoms with Gasteiger partial charge in [-0.2, -0.15) is 0 Å². The lowest BCUT2D eigenvalue weighted by atomic mass is 9.84. The predicted molar refractivity (Wildman–Crippen MR) is 124 cm³/mol. The number of esters is 1. The van der Waals surface area contributed by atoms with Gasteiger partial charge in [-0.15, -0.1) is 0 Å². The summed E-state index contributed by atoms with van der Waals surface area (Å²) in [7, 11) is 0. The van der Waals surface area contributed by atoms with Gasteiger partial charge >= 0.3 is 5.97 Å². The Labute approximate surface area is 191 Å². The van der Waals surface area contributed by atoms with Crippen LogP contribution in [-0.2, 0) is 20.9 Å². The second-order valence-corrected chi connectivity index (χ2v) is 8.57. The van der Waals surface area contributed by atoms with Crippen LogP contribution >= 0.6 is 0 Å². The first-order valence-corrected chi connectivity index (χ1v) is 11.6. The number of carbonyl (C=O) groups is 2. The van der Waals surface area contributed by atoms with Crippen molar-refractivity contribution >= 4 is 33.4 Å². The van der Waals surface area contributed by atoms with Crippen LogP contribution in [-0.4, -0.2) is 39.0 Å². The molecule has 3 heterocycles. The van der Waals surface area contributed by atoms with Crippen LogP contribution in [0.15, 0.2) is 35.5 Å². The molecule has 1 aliphatic carbocycles. The van der Waals surface area contributed by atoms with Crippen molar-refractivity contribution in [3.05, 3.63) is 41.1 Å². The number of carbonyl (C=O) groups excluding carboxylic acids is 2.